The van der Waals surface area contributed by atoms with Gasteiger partial charge in [0.25, 0.3) is 0 Å². The number of hydrogen-bond donors (Lipinski definition) is 3. The Balaban J connectivity index is 1.62. The van der Waals surface area contributed by atoms with Gasteiger partial charge < -0.3 is 34.9 Å². The van der Waals surface area contributed by atoms with E-state index in [0.717, 1.165) is 18.4 Å². The van der Waals surface area contributed by atoms with Crippen molar-refractivity contribution in [3.05, 3.63) is 47.0 Å². The highest BCUT2D eigenvalue weighted by Gasteiger charge is 2.35. The van der Waals surface area contributed by atoms with Crippen molar-refractivity contribution < 1.29 is 28.9 Å². The Hall–Kier alpha value is -3.33. The molecule has 10 heteroatoms. The predicted molar refractivity (Wildman–Crippen MR) is 134 cm³/mol. The molecule has 0 saturated heterocycles. The molecule has 1 saturated carbocycles. The molecule has 3 rings (SSSR count). The second-order valence-electron chi connectivity index (χ2n) is 8.32. The molecule has 2 unspecified atom stereocenters. The van der Waals surface area contributed by atoms with Gasteiger partial charge in [-0.3, -0.25) is 0 Å². The smallest absolute Gasteiger partial charge is 0.407 e. The van der Waals surface area contributed by atoms with Crippen molar-refractivity contribution in [3.8, 4) is 17.2 Å². The third-order valence-electron chi connectivity index (χ3n) is 6.14. The van der Waals surface area contributed by atoms with Crippen molar-refractivity contribution in [3.63, 3.8) is 0 Å². The molecule has 35 heavy (non-hydrogen) atoms. The maximum Gasteiger partial charge on any atom is 0.407 e. The van der Waals surface area contributed by atoms with Crippen molar-refractivity contribution in [2.75, 3.05) is 33.2 Å². The van der Waals surface area contributed by atoms with Crippen LogP contribution in [-0.4, -0.2) is 62.1 Å². The highest BCUT2D eigenvalue weighted by atomic mass is 35.5. The number of carboxylic acid groups (broad SMARTS) is 1. The number of rotatable bonds is 10. The lowest BCUT2D eigenvalue weighted by molar-refractivity contribution is 0.117. The number of anilines is 1. The number of amides is 3. The van der Waals surface area contributed by atoms with Crippen molar-refractivity contribution in [1.29, 1.82) is 0 Å². The van der Waals surface area contributed by atoms with Crippen LogP contribution in [0.5, 0.6) is 17.2 Å². The first kappa shape index (κ1) is 26.3. The van der Waals surface area contributed by atoms with E-state index in [1.165, 1.54) is 26.2 Å². The number of hydrogen-bond acceptors (Lipinski definition) is 5. The van der Waals surface area contributed by atoms with Crippen LogP contribution < -0.4 is 24.8 Å². The lowest BCUT2D eigenvalue weighted by Gasteiger charge is -2.31. The average molecular weight is 506 g/mol. The summed E-state index contributed by atoms with van der Waals surface area (Å²) in [6.07, 6.45) is 2.67. The molecule has 9 nitrogen and oxygen atoms in total. The summed E-state index contributed by atoms with van der Waals surface area (Å²) in [5.41, 5.74) is 1.56. The van der Waals surface area contributed by atoms with Crippen LogP contribution in [0.1, 0.15) is 31.2 Å². The fourth-order valence-electron chi connectivity index (χ4n) is 4.48. The van der Waals surface area contributed by atoms with Crippen LogP contribution in [0, 0.1) is 0 Å². The Morgan fingerprint density at radius 2 is 1.71 bits per heavy atom. The molecule has 1 aliphatic rings. The number of urea groups is 1. The zero-order chi connectivity index (χ0) is 25.4. The van der Waals surface area contributed by atoms with Gasteiger partial charge >= 0.3 is 12.1 Å². The van der Waals surface area contributed by atoms with E-state index in [9.17, 15) is 14.7 Å². The molecule has 190 valence electrons. The fraction of sp³-hybridized carbons (Fsp3) is 0.440. The first-order chi connectivity index (χ1) is 16.9. The molecule has 0 heterocycles. The van der Waals surface area contributed by atoms with Gasteiger partial charge in [0.15, 0.2) is 11.5 Å². The second kappa shape index (κ2) is 12.4. The first-order valence-electron chi connectivity index (χ1n) is 11.5. The normalized spacial score (nSPS) is 16.9. The van der Waals surface area contributed by atoms with Crippen LogP contribution in [0.15, 0.2) is 36.4 Å². The molecule has 0 spiro atoms. The molecule has 0 aliphatic heterocycles. The SMILES string of the molecule is COc1cc(NC(=O)NC2CCCC2N(CCCc2ccc(Cl)cc2)C(=O)O)cc(OC)c1OC. The fourth-order valence-corrected chi connectivity index (χ4v) is 4.60. The molecule has 0 bridgehead atoms. The number of aryl methyl sites for hydroxylation is 1. The maximum absolute atomic E-state index is 12.8. The molecule has 1 aliphatic carbocycles. The summed E-state index contributed by atoms with van der Waals surface area (Å²) in [7, 11) is 4.50. The third-order valence-corrected chi connectivity index (χ3v) is 6.39. The molecular formula is C25H32ClN3O6. The Morgan fingerprint density at radius 3 is 2.29 bits per heavy atom. The van der Waals surface area contributed by atoms with Crippen LogP contribution in [0.3, 0.4) is 0 Å². The molecular weight excluding hydrogens is 474 g/mol. The molecule has 2 aromatic carbocycles. The number of halogens is 1. The highest BCUT2D eigenvalue weighted by Crippen LogP contribution is 2.40. The molecule has 0 radical (unpaired) electrons. The van der Waals surface area contributed by atoms with Gasteiger partial charge in [-0.2, -0.15) is 0 Å². The summed E-state index contributed by atoms with van der Waals surface area (Å²) in [6, 6.07) is 9.81. The molecule has 2 aromatic rings. The van der Waals surface area contributed by atoms with Crippen molar-refractivity contribution in [2.45, 2.75) is 44.2 Å². The van der Waals surface area contributed by atoms with Crippen molar-refractivity contribution >= 4 is 29.4 Å². The number of carbonyl (C=O) groups excluding carboxylic acids is 1. The van der Waals surface area contributed by atoms with Crippen LogP contribution in [-0.2, 0) is 6.42 Å². The summed E-state index contributed by atoms with van der Waals surface area (Å²) in [4.78, 5) is 26.3. The molecule has 2 atom stereocenters. The first-order valence-corrected chi connectivity index (χ1v) is 11.9. The Morgan fingerprint density at radius 1 is 1.06 bits per heavy atom. The second-order valence-corrected chi connectivity index (χ2v) is 8.76. The predicted octanol–water partition coefficient (Wildman–Crippen LogP) is 5.02. The Kier molecular flexibility index (Phi) is 9.31. The standard InChI is InChI=1S/C25H32ClN3O6/c1-33-21-14-18(15-22(34-2)23(21)35-3)27-24(30)28-19-7-4-8-20(19)29(25(31)32)13-5-6-16-9-11-17(26)12-10-16/h9-12,14-15,19-20H,4-8,13H2,1-3H3,(H,31,32)(H2,27,28,30). The quantitative estimate of drug-likeness (QED) is 0.418. The molecule has 0 aromatic heterocycles. The zero-order valence-corrected chi connectivity index (χ0v) is 20.9. The van der Waals surface area contributed by atoms with E-state index in [-0.39, 0.29) is 12.1 Å². The Bertz CT molecular complexity index is 992. The largest absolute Gasteiger partial charge is 0.493 e. The number of ether oxygens (including phenoxy) is 3. The van der Waals surface area contributed by atoms with Crippen molar-refractivity contribution in [2.24, 2.45) is 0 Å². The van der Waals surface area contributed by atoms with E-state index >= 15 is 0 Å². The molecule has 3 amide bonds. The summed E-state index contributed by atoms with van der Waals surface area (Å²) in [5, 5.41) is 16.3. The van der Waals surface area contributed by atoms with Gasteiger partial charge in [0.1, 0.15) is 0 Å². The zero-order valence-electron chi connectivity index (χ0n) is 20.2. The van der Waals surface area contributed by atoms with Gasteiger partial charge in [0, 0.05) is 23.7 Å². The van der Waals surface area contributed by atoms with Crippen LogP contribution in [0.2, 0.25) is 5.02 Å². The van der Waals surface area contributed by atoms with Gasteiger partial charge in [-0.05, 0) is 49.8 Å². The minimum atomic E-state index is -0.982. The third kappa shape index (κ3) is 6.85. The monoisotopic (exact) mass is 505 g/mol. The van der Waals surface area contributed by atoms with E-state index in [0.29, 0.717) is 53.8 Å². The maximum atomic E-state index is 12.8. The topological polar surface area (TPSA) is 109 Å². The lowest BCUT2D eigenvalue weighted by atomic mass is 10.1. The van der Waals surface area contributed by atoms with Crippen LogP contribution >= 0.6 is 11.6 Å². The van der Waals surface area contributed by atoms with Gasteiger partial charge in [-0.1, -0.05) is 23.7 Å². The Labute approximate surface area is 210 Å². The van der Waals surface area contributed by atoms with E-state index in [1.807, 2.05) is 24.3 Å². The average Bonchev–Trinajstić information content (AvgIpc) is 3.29. The van der Waals surface area contributed by atoms with Crippen molar-refractivity contribution in [1.82, 2.24) is 10.2 Å². The summed E-state index contributed by atoms with van der Waals surface area (Å²) >= 11 is 5.93. The highest BCUT2D eigenvalue weighted by molar-refractivity contribution is 6.30. The van der Waals surface area contributed by atoms with Crippen LogP contribution in [0.4, 0.5) is 15.3 Å². The molecule has 1 fully saturated rings. The summed E-state index contributed by atoms with van der Waals surface area (Å²) < 4.78 is 16.0. The lowest BCUT2D eigenvalue weighted by Crippen LogP contribution is -2.51. The molecule has 3 N–H and O–H groups in total. The summed E-state index contributed by atoms with van der Waals surface area (Å²) in [6.45, 7) is 0.384. The van der Waals surface area contributed by atoms with E-state index in [1.54, 1.807) is 12.1 Å². The van der Waals surface area contributed by atoms with E-state index < -0.39 is 12.1 Å². The minimum absolute atomic E-state index is 0.288. The van der Waals surface area contributed by atoms with Gasteiger partial charge in [-0.15, -0.1) is 0 Å². The number of nitrogens with one attached hydrogen (secondary N) is 2. The number of methoxy groups -OCH3 is 3. The summed E-state index contributed by atoms with van der Waals surface area (Å²) in [5.74, 6) is 1.25. The number of carbonyl (C=O) groups is 2. The van der Waals surface area contributed by atoms with E-state index in [2.05, 4.69) is 10.6 Å². The van der Waals surface area contributed by atoms with Gasteiger partial charge in [0.05, 0.1) is 39.1 Å². The number of benzene rings is 2. The van der Waals surface area contributed by atoms with Gasteiger partial charge in [-0.25, -0.2) is 9.59 Å². The number of nitrogens with zero attached hydrogens (tertiary/aromatic N) is 1. The van der Waals surface area contributed by atoms with E-state index in [4.69, 9.17) is 25.8 Å². The minimum Gasteiger partial charge on any atom is -0.493 e. The van der Waals surface area contributed by atoms with Crippen LogP contribution in [0.25, 0.3) is 0 Å². The van der Waals surface area contributed by atoms with Gasteiger partial charge in [0.2, 0.25) is 5.75 Å².